The first kappa shape index (κ1) is 11.5. The van der Waals surface area contributed by atoms with Crippen LogP contribution in [0.4, 0.5) is 0 Å². The number of hydrogen-bond donors (Lipinski definition) is 2. The van der Waals surface area contributed by atoms with Crippen molar-refractivity contribution in [2.24, 2.45) is 4.99 Å². The molecular weight excluding hydrogens is 246 g/mol. The van der Waals surface area contributed by atoms with Gasteiger partial charge in [-0.3, -0.25) is 0 Å². The van der Waals surface area contributed by atoms with Gasteiger partial charge in [0.15, 0.2) is 0 Å². The predicted octanol–water partition coefficient (Wildman–Crippen LogP) is 1.84. The van der Waals surface area contributed by atoms with E-state index in [2.05, 4.69) is 4.99 Å². The van der Waals surface area contributed by atoms with Crippen LogP contribution in [-0.4, -0.2) is 28.1 Å². The summed E-state index contributed by atoms with van der Waals surface area (Å²) in [5, 5.41) is 18.6. The highest BCUT2D eigenvalue weighted by molar-refractivity contribution is 6.08. The number of carbonyl (C=O) groups is 1. The fraction of sp³-hybridized carbons (Fsp3) is 0.143. The van der Waals surface area contributed by atoms with Gasteiger partial charge in [-0.25, -0.2) is 9.79 Å². The number of aliphatic hydroxyl groups is 1. The van der Waals surface area contributed by atoms with Crippen molar-refractivity contribution in [2.45, 2.75) is 12.5 Å². The van der Waals surface area contributed by atoms with Gasteiger partial charge in [0.25, 0.3) is 0 Å². The second-order valence-electron chi connectivity index (χ2n) is 4.35. The molecule has 19 heavy (non-hydrogen) atoms. The van der Waals surface area contributed by atoms with Gasteiger partial charge in [0, 0.05) is 5.56 Å². The lowest BCUT2D eigenvalue weighted by Crippen LogP contribution is -2.30. The molecule has 1 aromatic rings. The highest BCUT2D eigenvalue weighted by Gasteiger charge is 2.31. The number of esters is 1. The zero-order valence-electron chi connectivity index (χ0n) is 9.91. The van der Waals surface area contributed by atoms with E-state index >= 15 is 0 Å². The molecule has 5 nitrogen and oxygen atoms in total. The van der Waals surface area contributed by atoms with Crippen molar-refractivity contribution in [1.29, 1.82) is 0 Å². The number of hydrogen-bond acceptors (Lipinski definition) is 5. The Morgan fingerprint density at radius 1 is 1.21 bits per heavy atom. The number of allylic oxidation sites excluding steroid dienone is 1. The number of aromatic hydroxyl groups is 1. The highest BCUT2D eigenvalue weighted by Crippen LogP contribution is 2.26. The molecule has 1 atom stereocenters. The summed E-state index contributed by atoms with van der Waals surface area (Å²) in [6.07, 6.45) is 3.46. The first-order chi connectivity index (χ1) is 9.13. The summed E-state index contributed by atoms with van der Waals surface area (Å²) in [6.45, 7) is 0. The number of phenols is 1. The molecule has 96 valence electrons. The minimum Gasteiger partial charge on any atom is -0.508 e. The number of carbonyl (C=O) groups excluding carboxylic acids is 1. The Morgan fingerprint density at radius 2 is 1.95 bits per heavy atom. The number of rotatable bonds is 1. The number of nitrogens with zero attached hydrogens (tertiary/aromatic N) is 1. The van der Waals surface area contributed by atoms with Crippen LogP contribution in [0.5, 0.6) is 5.75 Å². The molecular formula is C14H11NO4. The van der Waals surface area contributed by atoms with Crippen molar-refractivity contribution >= 4 is 11.9 Å². The van der Waals surface area contributed by atoms with Gasteiger partial charge in [0.05, 0.1) is 11.6 Å². The van der Waals surface area contributed by atoms with Gasteiger partial charge in [0.1, 0.15) is 11.5 Å². The molecule has 0 fully saturated rings. The van der Waals surface area contributed by atoms with Crippen LogP contribution in [0.1, 0.15) is 12.0 Å². The standard InChI is InChI=1S/C14H11NO4/c16-9-3-1-8(2-4-9)13-15-12-6-5-10(17)7-11(12)14(18)19-13/h1-5,7,12,16-17H,6H2. The van der Waals surface area contributed by atoms with Crippen molar-refractivity contribution in [1.82, 2.24) is 0 Å². The first-order valence-corrected chi connectivity index (χ1v) is 5.83. The summed E-state index contributed by atoms with van der Waals surface area (Å²) < 4.78 is 5.15. The molecule has 0 aromatic heterocycles. The van der Waals surface area contributed by atoms with Crippen molar-refractivity contribution < 1.29 is 19.7 Å². The van der Waals surface area contributed by atoms with E-state index in [1.54, 1.807) is 18.2 Å². The normalized spacial score (nSPS) is 21.8. The van der Waals surface area contributed by atoms with E-state index < -0.39 is 5.97 Å². The van der Waals surface area contributed by atoms with Gasteiger partial charge in [-0.2, -0.15) is 0 Å². The largest absolute Gasteiger partial charge is 0.508 e. The molecule has 0 spiro atoms. The minimum atomic E-state index is -0.497. The van der Waals surface area contributed by atoms with Crippen LogP contribution < -0.4 is 0 Å². The third-order valence-corrected chi connectivity index (χ3v) is 3.03. The molecule has 1 aliphatic carbocycles. The summed E-state index contributed by atoms with van der Waals surface area (Å²) in [6, 6.07) is 5.95. The number of benzene rings is 1. The maximum atomic E-state index is 11.9. The predicted molar refractivity (Wildman–Crippen MR) is 67.9 cm³/mol. The Morgan fingerprint density at radius 3 is 2.68 bits per heavy atom. The average molecular weight is 257 g/mol. The van der Waals surface area contributed by atoms with E-state index in [0.717, 1.165) is 0 Å². The maximum absolute atomic E-state index is 11.9. The van der Waals surface area contributed by atoms with E-state index in [9.17, 15) is 15.0 Å². The molecule has 0 bridgehead atoms. The SMILES string of the molecule is O=C1OC(c2ccc(O)cc2)=NC2CC=C(O)C=C12. The van der Waals surface area contributed by atoms with Gasteiger partial charge in [-0.05, 0) is 42.8 Å². The van der Waals surface area contributed by atoms with Crippen LogP contribution in [0.15, 0.2) is 52.7 Å². The second-order valence-corrected chi connectivity index (χ2v) is 4.35. The number of aliphatic hydroxyl groups excluding tert-OH is 1. The third kappa shape index (κ3) is 2.10. The highest BCUT2D eigenvalue weighted by atomic mass is 16.5. The molecule has 1 unspecified atom stereocenters. The number of fused-ring (bicyclic) bond motifs is 1. The number of phenolic OH excluding ortho intramolecular Hbond substituents is 1. The lowest BCUT2D eigenvalue weighted by molar-refractivity contribution is -0.132. The number of cyclic esters (lactones) is 1. The summed E-state index contributed by atoms with van der Waals surface area (Å²) >= 11 is 0. The molecule has 2 aliphatic rings. The van der Waals surface area contributed by atoms with Crippen LogP contribution in [0, 0.1) is 0 Å². The van der Waals surface area contributed by atoms with E-state index in [1.165, 1.54) is 18.2 Å². The number of ether oxygens (including phenoxy) is 1. The van der Waals surface area contributed by atoms with E-state index in [4.69, 9.17) is 4.74 Å². The zero-order valence-corrected chi connectivity index (χ0v) is 9.91. The Hall–Kier alpha value is -2.56. The van der Waals surface area contributed by atoms with Crippen molar-refractivity contribution in [3.05, 3.63) is 53.3 Å². The van der Waals surface area contributed by atoms with Crippen LogP contribution in [-0.2, 0) is 9.53 Å². The first-order valence-electron chi connectivity index (χ1n) is 5.83. The van der Waals surface area contributed by atoms with Gasteiger partial charge >= 0.3 is 5.97 Å². The quantitative estimate of drug-likeness (QED) is 0.752. The van der Waals surface area contributed by atoms with Crippen molar-refractivity contribution in [3.8, 4) is 5.75 Å². The van der Waals surface area contributed by atoms with Gasteiger partial charge in [-0.1, -0.05) is 0 Å². The molecule has 5 heteroatoms. The van der Waals surface area contributed by atoms with Crippen LogP contribution in [0.2, 0.25) is 0 Å². The second kappa shape index (κ2) is 4.28. The lowest BCUT2D eigenvalue weighted by atomic mass is 9.97. The van der Waals surface area contributed by atoms with Crippen LogP contribution in [0.25, 0.3) is 0 Å². The van der Waals surface area contributed by atoms with E-state index in [-0.39, 0.29) is 23.4 Å². The molecule has 0 radical (unpaired) electrons. The van der Waals surface area contributed by atoms with Crippen LogP contribution in [0.3, 0.4) is 0 Å². The van der Waals surface area contributed by atoms with Gasteiger partial charge < -0.3 is 14.9 Å². The number of aliphatic imine (C=N–C) groups is 1. The average Bonchev–Trinajstić information content (AvgIpc) is 2.40. The summed E-state index contributed by atoms with van der Waals surface area (Å²) in [4.78, 5) is 16.2. The molecule has 0 saturated heterocycles. The summed E-state index contributed by atoms with van der Waals surface area (Å²) in [7, 11) is 0. The molecule has 1 aliphatic heterocycles. The third-order valence-electron chi connectivity index (χ3n) is 3.03. The molecule has 1 heterocycles. The van der Waals surface area contributed by atoms with E-state index in [1.807, 2.05) is 0 Å². The molecule has 0 saturated carbocycles. The van der Waals surface area contributed by atoms with Crippen molar-refractivity contribution in [2.75, 3.05) is 0 Å². The Labute approximate surface area is 109 Å². The summed E-state index contributed by atoms with van der Waals surface area (Å²) in [5.41, 5.74) is 0.992. The molecule has 1 aromatic carbocycles. The fourth-order valence-electron chi connectivity index (χ4n) is 2.04. The molecule has 3 rings (SSSR count). The van der Waals surface area contributed by atoms with Gasteiger partial charge in [0.2, 0.25) is 5.90 Å². The maximum Gasteiger partial charge on any atom is 0.343 e. The Kier molecular flexibility index (Phi) is 2.59. The topological polar surface area (TPSA) is 79.1 Å². The lowest BCUT2D eigenvalue weighted by Gasteiger charge is -2.23. The Bertz CT molecular complexity index is 625. The minimum absolute atomic E-state index is 0.0616. The smallest absolute Gasteiger partial charge is 0.343 e. The van der Waals surface area contributed by atoms with Crippen LogP contribution >= 0.6 is 0 Å². The molecule has 2 N–H and O–H groups in total. The monoisotopic (exact) mass is 257 g/mol. The summed E-state index contributed by atoms with van der Waals surface area (Å²) in [5.74, 6) is -0.0614. The molecule has 0 amide bonds. The van der Waals surface area contributed by atoms with Gasteiger partial charge in [-0.15, -0.1) is 0 Å². The Balaban J connectivity index is 1.96. The fourth-order valence-corrected chi connectivity index (χ4v) is 2.04. The zero-order chi connectivity index (χ0) is 13.4. The van der Waals surface area contributed by atoms with E-state index in [0.29, 0.717) is 17.6 Å². The van der Waals surface area contributed by atoms with Crippen molar-refractivity contribution in [3.63, 3.8) is 0 Å².